The van der Waals surface area contributed by atoms with Crippen LogP contribution in [-0.2, 0) is 17.5 Å². The van der Waals surface area contributed by atoms with Crippen LogP contribution in [0.3, 0.4) is 0 Å². The number of nitrogens with two attached hydrogens (primary N) is 1. The number of thioether (sulfide) groups is 1. The second-order valence-electron chi connectivity index (χ2n) is 4.32. The predicted octanol–water partition coefficient (Wildman–Crippen LogP) is 2.61. The van der Waals surface area contributed by atoms with Gasteiger partial charge in [-0.3, -0.25) is 4.68 Å². The van der Waals surface area contributed by atoms with Crippen LogP contribution in [0, 0.1) is 5.82 Å². The Bertz CT molecular complexity index is 658. The lowest BCUT2D eigenvalue weighted by molar-refractivity contribution is 0.0525. The summed E-state index contributed by atoms with van der Waals surface area (Å²) in [6.07, 6.45) is 1.48. The molecule has 1 heterocycles. The van der Waals surface area contributed by atoms with Gasteiger partial charge in [-0.25, -0.2) is 9.18 Å². The first-order chi connectivity index (χ1) is 10.0. The number of benzene rings is 1. The molecule has 0 saturated carbocycles. The number of hydrogen-bond donors (Lipinski definition) is 1. The maximum Gasteiger partial charge on any atom is 0.341 e. The van der Waals surface area contributed by atoms with E-state index in [0.29, 0.717) is 34.2 Å². The molecule has 1 aromatic carbocycles. The summed E-state index contributed by atoms with van der Waals surface area (Å²) in [5.74, 6) is -0.311. The summed E-state index contributed by atoms with van der Waals surface area (Å²) >= 11 is 1.35. The minimum absolute atomic E-state index is 0.303. The number of carbonyl (C=O) groups is 1. The number of aryl methyl sites for hydroxylation is 1. The quantitative estimate of drug-likeness (QED) is 0.522. The van der Waals surface area contributed by atoms with E-state index < -0.39 is 5.97 Å². The molecule has 0 aliphatic carbocycles. The number of esters is 1. The molecule has 0 bridgehead atoms. The van der Waals surface area contributed by atoms with Gasteiger partial charge in [-0.05, 0) is 25.1 Å². The molecule has 0 spiro atoms. The molecule has 2 rings (SSSR count). The predicted molar refractivity (Wildman–Crippen MR) is 79.5 cm³/mol. The highest BCUT2D eigenvalue weighted by molar-refractivity contribution is 7.98. The number of rotatable bonds is 5. The Hall–Kier alpha value is -2.02. The van der Waals surface area contributed by atoms with Gasteiger partial charge < -0.3 is 10.5 Å². The Kier molecular flexibility index (Phi) is 4.85. The van der Waals surface area contributed by atoms with Crippen LogP contribution in [0.25, 0.3) is 0 Å². The highest BCUT2D eigenvalue weighted by Crippen LogP contribution is 2.29. The maximum absolute atomic E-state index is 13.2. The molecular weight excluding hydrogens is 293 g/mol. The fraction of sp³-hybridized carbons (Fsp3) is 0.286. The van der Waals surface area contributed by atoms with E-state index in [-0.39, 0.29) is 5.82 Å². The Morgan fingerprint density at radius 3 is 3.00 bits per heavy atom. The highest BCUT2D eigenvalue weighted by atomic mass is 32.2. The zero-order chi connectivity index (χ0) is 15.4. The van der Waals surface area contributed by atoms with Crippen molar-refractivity contribution in [3.63, 3.8) is 0 Å². The topological polar surface area (TPSA) is 70.1 Å². The minimum atomic E-state index is -0.409. The van der Waals surface area contributed by atoms with E-state index >= 15 is 0 Å². The summed E-state index contributed by atoms with van der Waals surface area (Å²) in [5.41, 5.74) is 7.44. The number of nitrogen functional groups attached to an aromatic ring is 1. The van der Waals surface area contributed by atoms with E-state index in [2.05, 4.69) is 5.10 Å². The first kappa shape index (κ1) is 15.4. The summed E-state index contributed by atoms with van der Waals surface area (Å²) in [4.78, 5) is 12.5. The molecule has 1 aromatic heterocycles. The van der Waals surface area contributed by atoms with Gasteiger partial charge in [-0.1, -0.05) is 0 Å². The number of ether oxygens (including phenoxy) is 1. The Labute approximate surface area is 126 Å². The lowest BCUT2D eigenvalue weighted by atomic mass is 10.3. The van der Waals surface area contributed by atoms with Gasteiger partial charge in [-0.15, -0.1) is 11.8 Å². The summed E-state index contributed by atoms with van der Waals surface area (Å²) in [6.45, 7) is 2.05. The van der Waals surface area contributed by atoms with E-state index in [9.17, 15) is 9.18 Å². The summed E-state index contributed by atoms with van der Waals surface area (Å²) in [7, 11) is 1.74. The Balaban J connectivity index is 2.18. The first-order valence-corrected chi connectivity index (χ1v) is 7.37. The SMILES string of the molecule is CCOC(=O)c1cnn(C)c1CSc1cc(F)ccc1N. The van der Waals surface area contributed by atoms with E-state index in [0.717, 1.165) is 0 Å². The fourth-order valence-corrected chi connectivity index (χ4v) is 2.86. The standard InChI is InChI=1S/C14H16FN3O2S/c1-3-20-14(19)10-7-17-18(2)12(10)8-21-13-6-9(15)4-5-11(13)16/h4-7H,3,8,16H2,1-2H3. The van der Waals surface area contributed by atoms with Crippen molar-refractivity contribution in [1.29, 1.82) is 0 Å². The number of carbonyl (C=O) groups excluding carboxylic acids is 1. The third-order valence-corrected chi connectivity index (χ3v) is 3.98. The smallest absolute Gasteiger partial charge is 0.341 e. The zero-order valence-electron chi connectivity index (χ0n) is 11.8. The van der Waals surface area contributed by atoms with Crippen molar-refractivity contribution in [3.05, 3.63) is 41.5 Å². The van der Waals surface area contributed by atoms with Crippen molar-refractivity contribution in [3.8, 4) is 0 Å². The minimum Gasteiger partial charge on any atom is -0.462 e. The van der Waals surface area contributed by atoms with Crippen molar-refractivity contribution in [2.45, 2.75) is 17.6 Å². The molecule has 0 amide bonds. The summed E-state index contributed by atoms with van der Waals surface area (Å²) < 4.78 is 19.8. The van der Waals surface area contributed by atoms with Crippen molar-refractivity contribution < 1.29 is 13.9 Å². The highest BCUT2D eigenvalue weighted by Gasteiger charge is 2.17. The van der Waals surface area contributed by atoms with Crippen LogP contribution >= 0.6 is 11.8 Å². The monoisotopic (exact) mass is 309 g/mol. The molecule has 2 aromatic rings. The molecule has 112 valence electrons. The number of anilines is 1. The van der Waals surface area contributed by atoms with Gasteiger partial charge in [-0.2, -0.15) is 5.10 Å². The molecule has 0 atom stereocenters. The largest absolute Gasteiger partial charge is 0.462 e. The van der Waals surface area contributed by atoms with Crippen LogP contribution in [0.1, 0.15) is 23.0 Å². The Morgan fingerprint density at radius 1 is 1.52 bits per heavy atom. The molecule has 21 heavy (non-hydrogen) atoms. The third-order valence-electron chi connectivity index (χ3n) is 2.90. The third kappa shape index (κ3) is 3.55. The van der Waals surface area contributed by atoms with Crippen LogP contribution in [-0.4, -0.2) is 22.4 Å². The summed E-state index contributed by atoms with van der Waals surface area (Å²) in [6, 6.07) is 4.21. The number of hydrogen-bond acceptors (Lipinski definition) is 5. The van der Waals surface area contributed by atoms with Crippen molar-refractivity contribution >= 4 is 23.4 Å². The molecule has 0 aliphatic heterocycles. The van der Waals surface area contributed by atoms with Crippen LogP contribution in [0.5, 0.6) is 0 Å². The molecule has 0 fully saturated rings. The molecule has 0 radical (unpaired) electrons. The average molecular weight is 309 g/mol. The van der Waals surface area contributed by atoms with Gasteiger partial charge in [0.2, 0.25) is 0 Å². The van der Waals surface area contributed by atoms with Crippen molar-refractivity contribution in [2.24, 2.45) is 7.05 Å². The molecule has 0 aliphatic rings. The molecule has 2 N–H and O–H groups in total. The zero-order valence-corrected chi connectivity index (χ0v) is 12.6. The van der Waals surface area contributed by atoms with Gasteiger partial charge in [0.15, 0.2) is 0 Å². The van der Waals surface area contributed by atoms with Gasteiger partial charge in [0.05, 0.1) is 18.5 Å². The number of aromatic nitrogens is 2. The maximum atomic E-state index is 13.2. The molecular formula is C14H16FN3O2S. The van der Waals surface area contributed by atoms with E-state index in [1.54, 1.807) is 18.7 Å². The van der Waals surface area contributed by atoms with Crippen LogP contribution in [0.2, 0.25) is 0 Å². The second-order valence-corrected chi connectivity index (χ2v) is 5.34. The fourth-order valence-electron chi connectivity index (χ4n) is 1.79. The lowest BCUT2D eigenvalue weighted by Gasteiger charge is -2.08. The van der Waals surface area contributed by atoms with E-state index in [4.69, 9.17) is 10.5 Å². The van der Waals surface area contributed by atoms with Crippen LogP contribution in [0.4, 0.5) is 10.1 Å². The van der Waals surface area contributed by atoms with E-state index in [1.807, 2.05) is 0 Å². The normalized spacial score (nSPS) is 10.6. The van der Waals surface area contributed by atoms with Gasteiger partial charge in [0.25, 0.3) is 0 Å². The lowest BCUT2D eigenvalue weighted by Crippen LogP contribution is -2.08. The van der Waals surface area contributed by atoms with Gasteiger partial charge in [0.1, 0.15) is 11.4 Å². The number of halogens is 1. The number of nitrogens with zero attached hydrogens (tertiary/aromatic N) is 2. The average Bonchev–Trinajstić information content (AvgIpc) is 2.81. The molecule has 7 heteroatoms. The molecule has 0 saturated heterocycles. The molecule has 5 nitrogen and oxygen atoms in total. The van der Waals surface area contributed by atoms with Crippen molar-refractivity contribution in [2.75, 3.05) is 12.3 Å². The van der Waals surface area contributed by atoms with E-state index in [1.165, 1.54) is 36.2 Å². The van der Waals surface area contributed by atoms with Crippen LogP contribution < -0.4 is 5.73 Å². The van der Waals surface area contributed by atoms with Gasteiger partial charge >= 0.3 is 5.97 Å². The first-order valence-electron chi connectivity index (χ1n) is 6.38. The Morgan fingerprint density at radius 2 is 2.29 bits per heavy atom. The second kappa shape index (κ2) is 6.62. The molecule has 0 unspecified atom stereocenters. The summed E-state index contributed by atoms with van der Waals surface area (Å²) in [5, 5.41) is 4.07. The van der Waals surface area contributed by atoms with Crippen LogP contribution in [0.15, 0.2) is 29.3 Å². The van der Waals surface area contributed by atoms with Crippen molar-refractivity contribution in [1.82, 2.24) is 9.78 Å². The van der Waals surface area contributed by atoms with Gasteiger partial charge in [0, 0.05) is 23.4 Å².